The van der Waals surface area contributed by atoms with Crippen LogP contribution in [0.4, 0.5) is 5.69 Å². The van der Waals surface area contributed by atoms with E-state index in [4.69, 9.17) is 18.0 Å². The third-order valence-electron chi connectivity index (χ3n) is 3.01. The number of thiocarbonyl (C=S) groups is 1. The van der Waals surface area contributed by atoms with Crippen molar-refractivity contribution in [3.05, 3.63) is 50.6 Å². The summed E-state index contributed by atoms with van der Waals surface area (Å²) in [5.41, 5.74) is 7.70. The van der Waals surface area contributed by atoms with E-state index in [1.165, 1.54) is 0 Å². The average Bonchev–Trinajstić information content (AvgIpc) is 2.76. The minimum absolute atomic E-state index is 0.0520. The van der Waals surface area contributed by atoms with Gasteiger partial charge in [0, 0.05) is 29.6 Å². The molecule has 3 N–H and O–H groups in total. The number of nitrogens with zero attached hydrogens (tertiary/aromatic N) is 1. The van der Waals surface area contributed by atoms with E-state index < -0.39 is 0 Å². The monoisotopic (exact) mass is 321 g/mol. The summed E-state index contributed by atoms with van der Waals surface area (Å²) in [4.78, 5) is 23.7. The highest BCUT2D eigenvalue weighted by atomic mass is 32.1. The molecule has 0 bridgehead atoms. The molecule has 5 nitrogen and oxygen atoms in total. The van der Waals surface area contributed by atoms with Crippen LogP contribution in [0.15, 0.2) is 34.4 Å². The molecule has 1 aromatic carbocycles. The number of carbonyl (C=O) groups is 1. The van der Waals surface area contributed by atoms with Crippen LogP contribution in [0.2, 0.25) is 0 Å². The van der Waals surface area contributed by atoms with Crippen LogP contribution in [0.3, 0.4) is 0 Å². The van der Waals surface area contributed by atoms with E-state index >= 15 is 0 Å². The van der Waals surface area contributed by atoms with E-state index in [1.807, 2.05) is 6.92 Å². The van der Waals surface area contributed by atoms with Gasteiger partial charge >= 0.3 is 4.87 Å². The van der Waals surface area contributed by atoms with Crippen molar-refractivity contribution in [1.29, 1.82) is 0 Å². The molecule has 0 aliphatic heterocycles. The Morgan fingerprint density at radius 2 is 2.14 bits per heavy atom. The zero-order valence-electron chi connectivity index (χ0n) is 11.5. The van der Waals surface area contributed by atoms with Crippen molar-refractivity contribution in [2.24, 2.45) is 5.73 Å². The minimum atomic E-state index is -0.184. The zero-order valence-corrected chi connectivity index (χ0v) is 13.1. The lowest BCUT2D eigenvalue weighted by Crippen LogP contribution is -2.21. The maximum atomic E-state index is 12.0. The van der Waals surface area contributed by atoms with Gasteiger partial charge in [-0.3, -0.25) is 9.59 Å². The largest absolute Gasteiger partial charge is 0.389 e. The first kappa shape index (κ1) is 15.4. The number of nitrogens with two attached hydrogens (primary N) is 1. The van der Waals surface area contributed by atoms with E-state index in [-0.39, 0.29) is 22.2 Å². The number of rotatable bonds is 5. The lowest BCUT2D eigenvalue weighted by molar-refractivity contribution is -0.116. The van der Waals surface area contributed by atoms with E-state index in [0.29, 0.717) is 17.8 Å². The molecular formula is C14H15N3O2S2. The minimum Gasteiger partial charge on any atom is -0.389 e. The maximum Gasteiger partial charge on any atom is 0.307 e. The van der Waals surface area contributed by atoms with Crippen molar-refractivity contribution in [2.75, 3.05) is 5.32 Å². The zero-order chi connectivity index (χ0) is 15.4. The van der Waals surface area contributed by atoms with Gasteiger partial charge in [0.2, 0.25) is 5.91 Å². The van der Waals surface area contributed by atoms with Gasteiger partial charge in [0.15, 0.2) is 0 Å². The van der Waals surface area contributed by atoms with Crippen LogP contribution >= 0.6 is 23.6 Å². The lowest BCUT2D eigenvalue weighted by Gasteiger charge is -2.10. The Kier molecular flexibility index (Phi) is 4.87. The van der Waals surface area contributed by atoms with Gasteiger partial charge < -0.3 is 15.6 Å². The highest BCUT2D eigenvalue weighted by Crippen LogP contribution is 2.15. The molecule has 0 saturated carbocycles. The van der Waals surface area contributed by atoms with Crippen molar-refractivity contribution in [3.63, 3.8) is 0 Å². The molecule has 21 heavy (non-hydrogen) atoms. The lowest BCUT2D eigenvalue weighted by atomic mass is 10.1. The molecule has 7 heteroatoms. The van der Waals surface area contributed by atoms with Gasteiger partial charge in [0.1, 0.15) is 4.99 Å². The van der Waals surface area contributed by atoms with Crippen LogP contribution in [-0.2, 0) is 11.3 Å². The van der Waals surface area contributed by atoms with Gasteiger partial charge in [-0.05, 0) is 19.1 Å². The Hall–Kier alpha value is -1.99. The van der Waals surface area contributed by atoms with Gasteiger partial charge in [0.25, 0.3) is 0 Å². The fraction of sp³-hybridized carbons (Fsp3) is 0.214. The summed E-state index contributed by atoms with van der Waals surface area (Å²) < 4.78 is 1.59. The molecule has 2 aromatic rings. The van der Waals surface area contributed by atoms with Crippen LogP contribution in [-0.4, -0.2) is 15.5 Å². The first-order valence-corrected chi connectivity index (χ1v) is 7.61. The average molecular weight is 321 g/mol. The highest BCUT2D eigenvalue weighted by Gasteiger charge is 2.10. The van der Waals surface area contributed by atoms with Crippen molar-refractivity contribution in [3.8, 4) is 0 Å². The molecule has 0 spiro atoms. The fourth-order valence-electron chi connectivity index (χ4n) is 1.91. The third kappa shape index (κ3) is 3.77. The summed E-state index contributed by atoms with van der Waals surface area (Å²) in [6.07, 6.45) is 0.211. The summed E-state index contributed by atoms with van der Waals surface area (Å²) in [6, 6.07) is 7.10. The molecule has 0 radical (unpaired) electrons. The number of aromatic nitrogens is 1. The van der Waals surface area contributed by atoms with Crippen molar-refractivity contribution < 1.29 is 4.79 Å². The second kappa shape index (κ2) is 6.64. The molecule has 0 saturated heterocycles. The predicted octanol–water partition coefficient (Wildman–Crippen LogP) is 1.88. The van der Waals surface area contributed by atoms with Gasteiger partial charge in [-0.1, -0.05) is 35.7 Å². The van der Waals surface area contributed by atoms with Crippen LogP contribution in [0.5, 0.6) is 0 Å². The van der Waals surface area contributed by atoms with Crippen molar-refractivity contribution >= 4 is 40.1 Å². The predicted molar refractivity (Wildman–Crippen MR) is 88.9 cm³/mol. The first-order valence-electron chi connectivity index (χ1n) is 6.32. The van der Waals surface area contributed by atoms with E-state index in [0.717, 1.165) is 17.0 Å². The van der Waals surface area contributed by atoms with Crippen LogP contribution < -0.4 is 15.9 Å². The molecule has 0 fully saturated rings. The summed E-state index contributed by atoms with van der Waals surface area (Å²) in [7, 11) is 0. The molecule has 1 aromatic heterocycles. The van der Waals surface area contributed by atoms with E-state index in [2.05, 4.69) is 5.32 Å². The van der Waals surface area contributed by atoms with Gasteiger partial charge in [-0.15, -0.1) is 0 Å². The third-order valence-corrected chi connectivity index (χ3v) is 4.11. The van der Waals surface area contributed by atoms with Crippen molar-refractivity contribution in [2.45, 2.75) is 19.9 Å². The number of nitrogens with one attached hydrogen (secondary N) is 1. The number of carbonyl (C=O) groups excluding carboxylic acids is 1. The summed E-state index contributed by atoms with van der Waals surface area (Å²) in [5.74, 6) is -0.184. The highest BCUT2D eigenvalue weighted by molar-refractivity contribution is 7.80. The van der Waals surface area contributed by atoms with Gasteiger partial charge in [-0.2, -0.15) is 0 Å². The summed E-state index contributed by atoms with van der Waals surface area (Å²) in [5, 5.41) is 4.55. The molecule has 0 atom stereocenters. The molecule has 0 aliphatic carbocycles. The molecule has 1 amide bonds. The maximum absolute atomic E-state index is 12.0. The smallest absolute Gasteiger partial charge is 0.307 e. The molecular weight excluding hydrogens is 306 g/mol. The normalized spacial score (nSPS) is 10.3. The Morgan fingerprint density at radius 3 is 2.76 bits per heavy atom. The Labute approximate surface area is 131 Å². The number of benzene rings is 1. The first-order chi connectivity index (χ1) is 9.99. The summed E-state index contributed by atoms with van der Waals surface area (Å²) in [6.45, 7) is 2.20. The van der Waals surface area contributed by atoms with Gasteiger partial charge in [-0.25, -0.2) is 0 Å². The number of hydrogen-bond acceptors (Lipinski definition) is 4. The quantitative estimate of drug-likeness (QED) is 0.824. The van der Waals surface area contributed by atoms with E-state index in [9.17, 15) is 9.59 Å². The number of amides is 1. The Balaban J connectivity index is 2.03. The number of para-hydroxylation sites is 1. The second-order valence-corrected chi connectivity index (χ2v) is 5.76. The SMILES string of the molecule is Cc1csc(=O)n1CCC(=O)Nc1ccccc1C(N)=S. The van der Waals surface area contributed by atoms with Crippen LogP contribution in [0.1, 0.15) is 17.7 Å². The number of aryl methyl sites for hydroxylation is 1. The standard InChI is InChI=1S/C14H15N3O2S2/c1-9-8-21-14(19)17(9)7-6-12(18)16-11-5-3-2-4-10(11)13(15)20/h2-5,8H,6-7H2,1H3,(H2,15,20)(H,16,18). The van der Waals surface area contributed by atoms with Crippen LogP contribution in [0.25, 0.3) is 0 Å². The molecule has 2 rings (SSSR count). The molecule has 0 unspecified atom stereocenters. The van der Waals surface area contributed by atoms with E-state index in [1.54, 1.807) is 34.2 Å². The Morgan fingerprint density at radius 1 is 1.43 bits per heavy atom. The molecule has 0 aliphatic rings. The number of anilines is 1. The Bertz CT molecular complexity index is 734. The molecule has 1 heterocycles. The number of thiazole rings is 1. The van der Waals surface area contributed by atoms with Gasteiger partial charge in [0.05, 0.1) is 5.69 Å². The number of hydrogen-bond donors (Lipinski definition) is 2. The second-order valence-electron chi connectivity index (χ2n) is 4.50. The topological polar surface area (TPSA) is 77.1 Å². The van der Waals surface area contributed by atoms with Crippen molar-refractivity contribution in [1.82, 2.24) is 4.57 Å². The summed E-state index contributed by atoms with van der Waals surface area (Å²) >= 11 is 6.08. The fourth-order valence-corrected chi connectivity index (χ4v) is 2.85. The van der Waals surface area contributed by atoms with Crippen LogP contribution in [0, 0.1) is 6.92 Å². The molecule has 110 valence electrons.